The molecule has 0 aliphatic heterocycles. The van der Waals surface area contributed by atoms with Crippen LogP contribution < -0.4 is 5.32 Å². The Kier molecular flexibility index (Phi) is 4.35. The van der Waals surface area contributed by atoms with Crippen LogP contribution in [-0.4, -0.2) is 10.9 Å². The van der Waals surface area contributed by atoms with E-state index in [2.05, 4.69) is 10.3 Å². The third-order valence-electron chi connectivity index (χ3n) is 2.46. The molecular formula is C13H9Cl2FN2O. The molecular weight excluding hydrogens is 290 g/mol. The monoisotopic (exact) mass is 298 g/mol. The number of nitrogens with zero attached hydrogens (tertiary/aromatic N) is 1. The summed E-state index contributed by atoms with van der Waals surface area (Å²) in [6.07, 6.45) is 3.24. The van der Waals surface area contributed by atoms with E-state index in [0.29, 0.717) is 6.54 Å². The second-order valence-electron chi connectivity index (χ2n) is 3.78. The lowest BCUT2D eigenvalue weighted by atomic mass is 10.2. The number of hydrogen-bond donors (Lipinski definition) is 1. The minimum atomic E-state index is -0.680. The van der Waals surface area contributed by atoms with Crippen LogP contribution in [0.2, 0.25) is 10.0 Å². The SMILES string of the molecule is O=C(NCc1ccncc1)c1cc(F)c(Cl)cc1Cl. The van der Waals surface area contributed by atoms with Gasteiger partial charge in [-0.1, -0.05) is 23.2 Å². The fraction of sp³-hybridized carbons (Fsp3) is 0.0769. The van der Waals surface area contributed by atoms with Crippen LogP contribution in [0, 0.1) is 5.82 Å². The van der Waals surface area contributed by atoms with E-state index in [9.17, 15) is 9.18 Å². The third kappa shape index (κ3) is 3.43. The van der Waals surface area contributed by atoms with Gasteiger partial charge in [-0.2, -0.15) is 0 Å². The zero-order valence-electron chi connectivity index (χ0n) is 9.66. The van der Waals surface area contributed by atoms with Crippen molar-refractivity contribution >= 4 is 29.1 Å². The van der Waals surface area contributed by atoms with Crippen LogP contribution in [0.1, 0.15) is 15.9 Å². The molecule has 2 rings (SSSR count). The molecule has 2 aromatic rings. The van der Waals surface area contributed by atoms with Crippen LogP contribution in [-0.2, 0) is 6.54 Å². The second kappa shape index (κ2) is 5.99. The minimum absolute atomic E-state index is 0.0534. The van der Waals surface area contributed by atoms with Crippen molar-refractivity contribution in [3.8, 4) is 0 Å². The molecule has 1 heterocycles. The van der Waals surface area contributed by atoms with Crippen LogP contribution in [0.3, 0.4) is 0 Å². The van der Waals surface area contributed by atoms with Gasteiger partial charge < -0.3 is 5.32 Å². The lowest BCUT2D eigenvalue weighted by molar-refractivity contribution is 0.0950. The number of halogens is 3. The first-order chi connectivity index (χ1) is 9.08. The summed E-state index contributed by atoms with van der Waals surface area (Å²) in [6, 6.07) is 5.76. The van der Waals surface area contributed by atoms with E-state index in [4.69, 9.17) is 23.2 Å². The molecule has 0 aliphatic carbocycles. The Balaban J connectivity index is 2.10. The molecule has 0 saturated heterocycles. The van der Waals surface area contributed by atoms with Gasteiger partial charge >= 0.3 is 0 Å². The van der Waals surface area contributed by atoms with E-state index in [1.807, 2.05) is 0 Å². The van der Waals surface area contributed by atoms with Gasteiger partial charge in [-0.05, 0) is 29.8 Å². The molecule has 0 bridgehead atoms. The summed E-state index contributed by atoms with van der Waals surface area (Å²) in [5.41, 5.74) is 0.937. The number of pyridine rings is 1. The molecule has 0 atom stereocenters. The summed E-state index contributed by atoms with van der Waals surface area (Å²) in [5.74, 6) is -1.14. The smallest absolute Gasteiger partial charge is 0.253 e. The van der Waals surface area contributed by atoms with Gasteiger partial charge in [0.1, 0.15) is 5.82 Å². The lowest BCUT2D eigenvalue weighted by Gasteiger charge is -2.07. The first-order valence-electron chi connectivity index (χ1n) is 5.39. The van der Waals surface area contributed by atoms with Gasteiger partial charge in [-0.25, -0.2) is 4.39 Å². The van der Waals surface area contributed by atoms with Gasteiger partial charge in [0, 0.05) is 18.9 Å². The number of amides is 1. The Labute approximate surface area is 119 Å². The highest BCUT2D eigenvalue weighted by molar-refractivity contribution is 6.36. The fourth-order valence-corrected chi connectivity index (χ4v) is 1.94. The van der Waals surface area contributed by atoms with E-state index < -0.39 is 11.7 Å². The van der Waals surface area contributed by atoms with Crippen molar-refractivity contribution in [1.82, 2.24) is 10.3 Å². The number of benzene rings is 1. The van der Waals surface area contributed by atoms with Crippen LogP contribution in [0.5, 0.6) is 0 Å². The number of aromatic nitrogens is 1. The highest BCUT2D eigenvalue weighted by atomic mass is 35.5. The second-order valence-corrected chi connectivity index (χ2v) is 4.60. The lowest BCUT2D eigenvalue weighted by Crippen LogP contribution is -2.23. The Morgan fingerprint density at radius 3 is 2.58 bits per heavy atom. The largest absolute Gasteiger partial charge is 0.348 e. The van der Waals surface area contributed by atoms with Crippen LogP contribution in [0.15, 0.2) is 36.7 Å². The van der Waals surface area contributed by atoms with E-state index in [1.54, 1.807) is 24.5 Å². The predicted molar refractivity (Wildman–Crippen MR) is 71.8 cm³/mol. The molecule has 0 fully saturated rings. The molecule has 1 N–H and O–H groups in total. The Hall–Kier alpha value is -1.65. The average molecular weight is 299 g/mol. The average Bonchev–Trinajstić information content (AvgIpc) is 2.41. The summed E-state index contributed by atoms with van der Waals surface area (Å²) < 4.78 is 13.3. The summed E-state index contributed by atoms with van der Waals surface area (Å²) in [7, 11) is 0. The highest BCUT2D eigenvalue weighted by Crippen LogP contribution is 2.24. The normalized spacial score (nSPS) is 10.3. The standard InChI is InChI=1S/C13H9Cl2FN2O/c14-10-6-11(15)12(16)5-9(10)13(19)18-7-8-1-3-17-4-2-8/h1-6H,7H2,(H,18,19). The van der Waals surface area contributed by atoms with Gasteiger partial charge in [0.25, 0.3) is 5.91 Å². The zero-order valence-corrected chi connectivity index (χ0v) is 11.2. The molecule has 0 saturated carbocycles. The molecule has 1 amide bonds. The Bertz CT molecular complexity index is 605. The summed E-state index contributed by atoms with van der Waals surface area (Å²) in [5, 5.41) is 2.64. The van der Waals surface area contributed by atoms with Gasteiger partial charge in [0.2, 0.25) is 0 Å². The fourth-order valence-electron chi connectivity index (χ4n) is 1.47. The molecule has 0 radical (unpaired) electrons. The maximum Gasteiger partial charge on any atom is 0.253 e. The van der Waals surface area contributed by atoms with Crippen molar-refractivity contribution in [1.29, 1.82) is 0 Å². The molecule has 0 unspecified atom stereocenters. The van der Waals surface area contributed by atoms with Crippen molar-refractivity contribution in [2.75, 3.05) is 0 Å². The van der Waals surface area contributed by atoms with Crippen LogP contribution in [0.25, 0.3) is 0 Å². The molecule has 1 aromatic heterocycles. The molecule has 0 aliphatic rings. The van der Waals surface area contributed by atoms with Crippen molar-refractivity contribution in [2.24, 2.45) is 0 Å². The first-order valence-corrected chi connectivity index (χ1v) is 6.15. The van der Waals surface area contributed by atoms with Gasteiger partial charge in [0.15, 0.2) is 0 Å². The number of carbonyl (C=O) groups excluding carboxylic acids is 1. The first kappa shape index (κ1) is 13.8. The summed E-state index contributed by atoms with van der Waals surface area (Å²) >= 11 is 11.4. The van der Waals surface area contributed by atoms with Gasteiger partial charge in [-0.3, -0.25) is 9.78 Å². The molecule has 1 aromatic carbocycles. The third-order valence-corrected chi connectivity index (χ3v) is 3.06. The van der Waals surface area contributed by atoms with Crippen LogP contribution >= 0.6 is 23.2 Å². The van der Waals surface area contributed by atoms with Crippen LogP contribution in [0.4, 0.5) is 4.39 Å². The molecule has 19 heavy (non-hydrogen) atoms. The van der Waals surface area contributed by atoms with E-state index in [1.165, 1.54) is 6.07 Å². The molecule has 6 heteroatoms. The molecule has 0 spiro atoms. The van der Waals surface area contributed by atoms with Gasteiger partial charge in [-0.15, -0.1) is 0 Å². The number of hydrogen-bond acceptors (Lipinski definition) is 2. The summed E-state index contributed by atoms with van der Waals surface area (Å²) in [6.45, 7) is 0.307. The van der Waals surface area contributed by atoms with Crippen molar-refractivity contribution in [3.05, 3.63) is 63.6 Å². The Morgan fingerprint density at radius 1 is 1.21 bits per heavy atom. The van der Waals surface area contributed by atoms with E-state index >= 15 is 0 Å². The minimum Gasteiger partial charge on any atom is -0.348 e. The topological polar surface area (TPSA) is 42.0 Å². The Morgan fingerprint density at radius 2 is 1.89 bits per heavy atom. The number of carbonyl (C=O) groups is 1. The quantitative estimate of drug-likeness (QED) is 0.882. The summed E-state index contributed by atoms with van der Waals surface area (Å²) in [4.78, 5) is 15.7. The van der Waals surface area contributed by atoms with E-state index in [0.717, 1.165) is 11.6 Å². The van der Waals surface area contributed by atoms with Crippen molar-refractivity contribution in [3.63, 3.8) is 0 Å². The van der Waals surface area contributed by atoms with Gasteiger partial charge in [0.05, 0.1) is 15.6 Å². The highest BCUT2D eigenvalue weighted by Gasteiger charge is 2.13. The van der Waals surface area contributed by atoms with Crippen molar-refractivity contribution < 1.29 is 9.18 Å². The van der Waals surface area contributed by atoms with Crippen molar-refractivity contribution in [2.45, 2.75) is 6.54 Å². The van der Waals surface area contributed by atoms with E-state index in [-0.39, 0.29) is 15.6 Å². The maximum absolute atomic E-state index is 13.3. The number of nitrogens with one attached hydrogen (secondary N) is 1. The maximum atomic E-state index is 13.3. The molecule has 98 valence electrons. The molecule has 3 nitrogen and oxygen atoms in total. The zero-order chi connectivity index (χ0) is 13.8. The predicted octanol–water partition coefficient (Wildman–Crippen LogP) is 3.46. The number of rotatable bonds is 3.